The fourth-order valence-corrected chi connectivity index (χ4v) is 4.23. The van der Waals surface area contributed by atoms with Crippen LogP contribution in [0.25, 0.3) is 0 Å². The van der Waals surface area contributed by atoms with Gasteiger partial charge in [-0.25, -0.2) is 4.79 Å². The van der Waals surface area contributed by atoms with Crippen molar-refractivity contribution in [2.45, 2.75) is 39.7 Å². The SMILES string of the molecule is COc1ccc(C(C)=O)cc1COC(=O)c1cc2c(s1)CC[C@@H](C)C2. The minimum atomic E-state index is -0.317. The van der Waals surface area contributed by atoms with E-state index in [4.69, 9.17) is 9.47 Å². The Kier molecular flexibility index (Phi) is 5.23. The van der Waals surface area contributed by atoms with Crippen LogP contribution in [0.5, 0.6) is 5.75 Å². The predicted molar refractivity (Wildman–Crippen MR) is 97.6 cm³/mol. The van der Waals surface area contributed by atoms with Gasteiger partial charge in [-0.15, -0.1) is 11.3 Å². The van der Waals surface area contributed by atoms with Crippen LogP contribution in [-0.4, -0.2) is 18.9 Å². The molecule has 0 fully saturated rings. The predicted octanol–water partition coefficient (Wildman–Crippen LogP) is 4.44. The zero-order valence-corrected chi connectivity index (χ0v) is 15.6. The Morgan fingerprint density at radius 1 is 1.28 bits per heavy atom. The van der Waals surface area contributed by atoms with Crippen LogP contribution >= 0.6 is 11.3 Å². The third kappa shape index (κ3) is 3.93. The van der Waals surface area contributed by atoms with Crippen LogP contribution in [0.1, 0.15) is 56.3 Å². The molecule has 132 valence electrons. The number of methoxy groups -OCH3 is 1. The van der Waals surface area contributed by atoms with Crippen molar-refractivity contribution in [1.82, 2.24) is 0 Å². The first-order valence-corrected chi connectivity index (χ1v) is 9.26. The Morgan fingerprint density at radius 2 is 2.08 bits per heavy atom. The molecule has 0 N–H and O–H groups in total. The monoisotopic (exact) mass is 358 g/mol. The maximum atomic E-state index is 12.4. The molecule has 1 aliphatic rings. The van der Waals surface area contributed by atoms with Crippen LogP contribution in [0, 0.1) is 5.92 Å². The average Bonchev–Trinajstić information content (AvgIpc) is 3.02. The number of fused-ring (bicyclic) bond motifs is 1. The molecule has 1 aromatic heterocycles. The second-order valence-corrected chi connectivity index (χ2v) is 7.70. The summed E-state index contributed by atoms with van der Waals surface area (Å²) in [5, 5.41) is 0. The van der Waals surface area contributed by atoms with E-state index in [1.54, 1.807) is 25.3 Å². The molecule has 0 unspecified atom stereocenters. The minimum Gasteiger partial charge on any atom is -0.496 e. The van der Waals surface area contributed by atoms with Gasteiger partial charge in [-0.05, 0) is 61.9 Å². The number of ketones is 1. The van der Waals surface area contributed by atoms with Crippen LogP contribution in [0.2, 0.25) is 0 Å². The lowest BCUT2D eigenvalue weighted by Gasteiger charge is -2.16. The maximum absolute atomic E-state index is 12.4. The Labute approximate surface area is 151 Å². The summed E-state index contributed by atoms with van der Waals surface area (Å²) in [7, 11) is 1.56. The Balaban J connectivity index is 1.72. The van der Waals surface area contributed by atoms with Crippen molar-refractivity contribution in [3.05, 3.63) is 50.7 Å². The molecule has 5 heteroatoms. The molecule has 0 amide bonds. The molecule has 0 saturated carbocycles. The maximum Gasteiger partial charge on any atom is 0.348 e. The summed E-state index contributed by atoms with van der Waals surface area (Å²) in [5.41, 5.74) is 2.55. The van der Waals surface area contributed by atoms with Gasteiger partial charge in [0.15, 0.2) is 5.78 Å². The molecule has 0 radical (unpaired) electrons. The number of hydrogen-bond acceptors (Lipinski definition) is 5. The first kappa shape index (κ1) is 17.7. The molecule has 1 aliphatic carbocycles. The van der Waals surface area contributed by atoms with Gasteiger partial charge in [-0.3, -0.25) is 4.79 Å². The Hall–Kier alpha value is -2.14. The first-order chi connectivity index (χ1) is 12.0. The summed E-state index contributed by atoms with van der Waals surface area (Å²) in [6.45, 7) is 3.84. The molecule has 0 aliphatic heterocycles. The quantitative estimate of drug-likeness (QED) is 0.586. The van der Waals surface area contributed by atoms with Gasteiger partial charge in [0.25, 0.3) is 0 Å². The van der Waals surface area contributed by atoms with Gasteiger partial charge in [0.05, 0.1) is 7.11 Å². The van der Waals surface area contributed by atoms with Crippen molar-refractivity contribution >= 4 is 23.1 Å². The van der Waals surface area contributed by atoms with Gasteiger partial charge in [0.2, 0.25) is 0 Å². The third-order valence-electron chi connectivity index (χ3n) is 4.58. The van der Waals surface area contributed by atoms with Crippen molar-refractivity contribution in [2.75, 3.05) is 7.11 Å². The number of Topliss-reactive ketones (excluding diaryl/α,β-unsaturated/α-hetero) is 1. The highest BCUT2D eigenvalue weighted by atomic mass is 32.1. The normalized spacial score (nSPS) is 16.2. The highest BCUT2D eigenvalue weighted by Gasteiger charge is 2.21. The van der Waals surface area contributed by atoms with E-state index in [2.05, 4.69) is 6.92 Å². The lowest BCUT2D eigenvalue weighted by atomic mass is 9.90. The molecule has 1 aromatic carbocycles. The Morgan fingerprint density at radius 3 is 2.80 bits per heavy atom. The zero-order valence-electron chi connectivity index (χ0n) is 14.8. The van der Waals surface area contributed by atoms with Gasteiger partial charge >= 0.3 is 5.97 Å². The second kappa shape index (κ2) is 7.40. The fraction of sp³-hybridized carbons (Fsp3) is 0.400. The number of carbonyl (C=O) groups is 2. The summed E-state index contributed by atoms with van der Waals surface area (Å²) in [4.78, 5) is 25.9. The molecule has 3 rings (SSSR count). The van der Waals surface area contributed by atoms with Crippen LogP contribution in [0.3, 0.4) is 0 Å². The molecular weight excluding hydrogens is 336 g/mol. The molecular formula is C20H22O4S. The van der Waals surface area contributed by atoms with Crippen LogP contribution in [0.15, 0.2) is 24.3 Å². The van der Waals surface area contributed by atoms with Crippen molar-refractivity contribution in [1.29, 1.82) is 0 Å². The fourth-order valence-electron chi connectivity index (χ4n) is 3.13. The van der Waals surface area contributed by atoms with Gasteiger partial charge in [-0.2, -0.15) is 0 Å². The summed E-state index contributed by atoms with van der Waals surface area (Å²) in [6.07, 6.45) is 3.26. The third-order valence-corrected chi connectivity index (χ3v) is 5.79. The molecule has 0 bridgehead atoms. The lowest BCUT2D eigenvalue weighted by molar-refractivity contribution is 0.0476. The minimum absolute atomic E-state index is 0.0321. The van der Waals surface area contributed by atoms with Crippen LogP contribution in [-0.2, 0) is 24.2 Å². The van der Waals surface area contributed by atoms with Crippen molar-refractivity contribution < 1.29 is 19.1 Å². The van der Waals surface area contributed by atoms with E-state index in [1.165, 1.54) is 35.1 Å². The number of esters is 1. The highest BCUT2D eigenvalue weighted by Crippen LogP contribution is 2.32. The number of ether oxygens (including phenoxy) is 2. The first-order valence-electron chi connectivity index (χ1n) is 8.44. The van der Waals surface area contributed by atoms with E-state index in [9.17, 15) is 9.59 Å². The van der Waals surface area contributed by atoms with Gasteiger partial charge in [0.1, 0.15) is 17.2 Å². The molecule has 0 saturated heterocycles. The summed E-state index contributed by atoms with van der Waals surface area (Å²) in [5.74, 6) is 0.930. The average molecular weight is 358 g/mol. The van der Waals surface area contributed by atoms with Gasteiger partial charge in [0, 0.05) is 16.0 Å². The molecule has 4 nitrogen and oxygen atoms in total. The zero-order chi connectivity index (χ0) is 18.0. The van der Waals surface area contributed by atoms with Gasteiger partial charge < -0.3 is 9.47 Å². The van der Waals surface area contributed by atoms with Crippen molar-refractivity contribution in [3.8, 4) is 5.75 Å². The van der Waals surface area contributed by atoms with E-state index in [0.717, 1.165) is 12.8 Å². The van der Waals surface area contributed by atoms with E-state index in [-0.39, 0.29) is 18.4 Å². The lowest BCUT2D eigenvalue weighted by Crippen LogP contribution is -2.08. The number of carbonyl (C=O) groups excluding carboxylic acids is 2. The molecule has 25 heavy (non-hydrogen) atoms. The molecule has 2 aromatic rings. The smallest absolute Gasteiger partial charge is 0.348 e. The Bertz CT molecular complexity index is 806. The van der Waals surface area contributed by atoms with Crippen LogP contribution < -0.4 is 4.74 Å². The van der Waals surface area contributed by atoms with E-state index in [0.29, 0.717) is 27.7 Å². The molecule has 1 heterocycles. The standard InChI is InChI=1S/C20H22O4S/c1-12-4-7-18-15(8-12)10-19(25-18)20(22)24-11-16-9-14(13(2)21)5-6-17(16)23-3/h5-6,9-10,12H,4,7-8,11H2,1-3H3/t12-/m1/s1. The number of thiophene rings is 1. The number of benzene rings is 1. The van der Waals surface area contributed by atoms with E-state index < -0.39 is 0 Å². The molecule has 1 atom stereocenters. The topological polar surface area (TPSA) is 52.6 Å². The number of rotatable bonds is 5. The second-order valence-electron chi connectivity index (χ2n) is 6.57. The van der Waals surface area contributed by atoms with E-state index >= 15 is 0 Å². The summed E-state index contributed by atoms with van der Waals surface area (Å²) >= 11 is 1.54. The van der Waals surface area contributed by atoms with Gasteiger partial charge in [-0.1, -0.05) is 6.92 Å². The highest BCUT2D eigenvalue weighted by molar-refractivity contribution is 7.14. The number of hydrogen-bond donors (Lipinski definition) is 0. The summed E-state index contributed by atoms with van der Waals surface area (Å²) in [6, 6.07) is 7.13. The van der Waals surface area contributed by atoms with Crippen LogP contribution in [0.4, 0.5) is 0 Å². The summed E-state index contributed by atoms with van der Waals surface area (Å²) < 4.78 is 10.8. The van der Waals surface area contributed by atoms with Crippen molar-refractivity contribution in [2.24, 2.45) is 5.92 Å². The van der Waals surface area contributed by atoms with E-state index in [1.807, 2.05) is 6.07 Å². The molecule has 0 spiro atoms. The number of aryl methyl sites for hydroxylation is 1. The largest absolute Gasteiger partial charge is 0.496 e. The van der Waals surface area contributed by atoms with Crippen molar-refractivity contribution in [3.63, 3.8) is 0 Å².